The van der Waals surface area contributed by atoms with Crippen LogP contribution in [0.4, 0.5) is 24.7 Å². The summed E-state index contributed by atoms with van der Waals surface area (Å²) < 4.78 is 44.3. The van der Waals surface area contributed by atoms with Crippen molar-refractivity contribution in [2.45, 2.75) is 12.3 Å². The number of nitrogens with one attached hydrogen (secondary N) is 1. The van der Waals surface area contributed by atoms with Crippen molar-refractivity contribution in [2.75, 3.05) is 23.8 Å². The van der Waals surface area contributed by atoms with E-state index in [2.05, 4.69) is 15.5 Å². The summed E-state index contributed by atoms with van der Waals surface area (Å²) in [6.45, 7) is -0.267. The molecule has 2 aromatic carbocycles. The molecule has 0 saturated carbocycles. The number of carbonyl (C=O) groups is 2. The number of hydrogen-bond donors (Lipinski definition) is 1. The van der Waals surface area contributed by atoms with Gasteiger partial charge in [-0.3, -0.25) is 9.59 Å². The number of carbonyl (C=O) groups excluding carboxylic acids is 2. The molecule has 0 aliphatic rings. The van der Waals surface area contributed by atoms with Crippen LogP contribution >= 0.6 is 11.6 Å². The van der Waals surface area contributed by atoms with Gasteiger partial charge in [-0.1, -0.05) is 48.0 Å². The van der Waals surface area contributed by atoms with Gasteiger partial charge in [0.15, 0.2) is 11.0 Å². The first-order chi connectivity index (χ1) is 15.6. The summed E-state index contributed by atoms with van der Waals surface area (Å²) in [7, 11) is 1.57. The monoisotopic (exact) mass is 478 g/mol. The van der Waals surface area contributed by atoms with Crippen LogP contribution < -0.4 is 10.2 Å². The number of amides is 1. The summed E-state index contributed by atoms with van der Waals surface area (Å²) in [5.41, 5.74) is -0.649. The molecule has 11 heteroatoms. The number of anilines is 2. The predicted molar refractivity (Wildman–Crippen MR) is 116 cm³/mol. The maximum absolute atomic E-state index is 13.0. The summed E-state index contributed by atoms with van der Waals surface area (Å²) in [5.74, 6) is -1.22. The predicted octanol–water partition coefficient (Wildman–Crippen LogP) is 4.51. The van der Waals surface area contributed by atoms with Crippen LogP contribution in [0.3, 0.4) is 0 Å². The number of rotatable bonds is 7. The highest BCUT2D eigenvalue weighted by Gasteiger charge is 2.31. The molecule has 0 radical (unpaired) electrons. The van der Waals surface area contributed by atoms with Crippen LogP contribution in [-0.4, -0.2) is 35.7 Å². The highest BCUT2D eigenvalue weighted by molar-refractivity contribution is 6.29. The van der Waals surface area contributed by atoms with Crippen LogP contribution in [0.15, 0.2) is 66.7 Å². The summed E-state index contributed by atoms with van der Waals surface area (Å²) in [5, 5.41) is 10.1. The van der Waals surface area contributed by atoms with Crippen molar-refractivity contribution < 1.29 is 27.5 Å². The molecule has 1 heterocycles. The molecule has 1 N–H and O–H groups in total. The Kier molecular flexibility index (Phi) is 7.49. The van der Waals surface area contributed by atoms with Gasteiger partial charge >= 0.3 is 12.1 Å². The smallest absolute Gasteiger partial charge is 0.416 e. The van der Waals surface area contributed by atoms with Gasteiger partial charge in [0.25, 0.3) is 5.91 Å². The van der Waals surface area contributed by atoms with E-state index in [1.807, 2.05) is 0 Å². The van der Waals surface area contributed by atoms with Gasteiger partial charge in [0.1, 0.15) is 6.54 Å². The highest BCUT2D eigenvalue weighted by atomic mass is 35.5. The van der Waals surface area contributed by atoms with Gasteiger partial charge in [-0.15, -0.1) is 10.2 Å². The molecule has 0 bridgehead atoms. The minimum atomic E-state index is -4.57. The summed E-state index contributed by atoms with van der Waals surface area (Å²) in [6, 6.07) is 15.4. The van der Waals surface area contributed by atoms with E-state index in [1.54, 1.807) is 43.4 Å². The first-order valence-electron chi connectivity index (χ1n) is 9.56. The fraction of sp³-hybridized carbons (Fsp3) is 0.182. The molecule has 7 nitrogen and oxygen atoms in total. The average Bonchev–Trinajstić information content (AvgIpc) is 2.78. The normalized spacial score (nSPS) is 12.0. The lowest BCUT2D eigenvalue weighted by molar-refractivity contribution is -0.153. The van der Waals surface area contributed by atoms with Crippen molar-refractivity contribution in [3.05, 3.63) is 83.0 Å². The Balaban J connectivity index is 1.75. The maximum Gasteiger partial charge on any atom is 0.416 e. The number of alkyl halides is 3. The molecule has 1 aromatic heterocycles. The van der Waals surface area contributed by atoms with Gasteiger partial charge in [-0.25, -0.2) is 0 Å². The van der Waals surface area contributed by atoms with E-state index in [1.165, 1.54) is 23.1 Å². The van der Waals surface area contributed by atoms with Crippen LogP contribution in [0, 0.1) is 0 Å². The number of aromatic nitrogens is 2. The number of benzene rings is 2. The van der Waals surface area contributed by atoms with E-state index >= 15 is 0 Å². The van der Waals surface area contributed by atoms with Crippen molar-refractivity contribution in [3.8, 4) is 0 Å². The molecule has 1 unspecified atom stereocenters. The van der Waals surface area contributed by atoms with Gasteiger partial charge in [0.2, 0.25) is 6.10 Å². The SMILES string of the molecule is CN(CC(=O)OC(C(=O)Nc1cccc(C(F)(F)F)c1)c1ccccc1)c1ccc(Cl)nn1. The van der Waals surface area contributed by atoms with Crippen molar-refractivity contribution in [1.29, 1.82) is 0 Å². The lowest BCUT2D eigenvalue weighted by Gasteiger charge is -2.21. The fourth-order valence-corrected chi connectivity index (χ4v) is 2.94. The lowest BCUT2D eigenvalue weighted by atomic mass is 10.1. The number of esters is 1. The van der Waals surface area contributed by atoms with Crippen molar-refractivity contribution in [3.63, 3.8) is 0 Å². The number of halogens is 4. The van der Waals surface area contributed by atoms with E-state index in [0.717, 1.165) is 12.1 Å². The lowest BCUT2D eigenvalue weighted by Crippen LogP contribution is -2.32. The third-order valence-electron chi connectivity index (χ3n) is 4.42. The number of likely N-dealkylation sites (N-methyl/N-ethyl adjacent to an activating group) is 1. The third-order valence-corrected chi connectivity index (χ3v) is 4.62. The van der Waals surface area contributed by atoms with E-state index in [9.17, 15) is 22.8 Å². The molecule has 172 valence electrons. The van der Waals surface area contributed by atoms with Crippen LogP contribution in [0.2, 0.25) is 5.15 Å². The molecule has 3 rings (SSSR count). The summed E-state index contributed by atoms with van der Waals surface area (Å²) >= 11 is 5.70. The number of ether oxygens (including phenoxy) is 1. The van der Waals surface area contributed by atoms with Gasteiger partial charge in [0.05, 0.1) is 5.56 Å². The van der Waals surface area contributed by atoms with Crippen LogP contribution in [0.1, 0.15) is 17.2 Å². The van der Waals surface area contributed by atoms with Gasteiger partial charge < -0.3 is 15.0 Å². The maximum atomic E-state index is 13.0. The molecular weight excluding hydrogens is 461 g/mol. The van der Waals surface area contributed by atoms with Gasteiger partial charge in [-0.05, 0) is 30.3 Å². The Morgan fingerprint density at radius 1 is 1.06 bits per heavy atom. The Bertz CT molecular complexity index is 1110. The summed E-state index contributed by atoms with van der Waals surface area (Å²) in [6.07, 6.45) is -5.96. The number of hydrogen-bond acceptors (Lipinski definition) is 6. The molecule has 33 heavy (non-hydrogen) atoms. The molecule has 1 atom stereocenters. The quantitative estimate of drug-likeness (QED) is 0.503. The number of nitrogens with zero attached hydrogens (tertiary/aromatic N) is 3. The highest BCUT2D eigenvalue weighted by Crippen LogP contribution is 2.31. The zero-order valence-electron chi connectivity index (χ0n) is 17.2. The molecular formula is C22H18ClF3N4O3. The van der Waals surface area contributed by atoms with Crippen molar-refractivity contribution in [2.24, 2.45) is 0 Å². The Morgan fingerprint density at radius 3 is 2.42 bits per heavy atom. The molecule has 0 aliphatic carbocycles. The Hall–Kier alpha value is -3.66. The molecule has 0 fully saturated rings. The van der Waals surface area contributed by atoms with Crippen LogP contribution in [-0.2, 0) is 20.5 Å². The van der Waals surface area contributed by atoms with Crippen LogP contribution in [0.5, 0.6) is 0 Å². The second-order valence-electron chi connectivity index (χ2n) is 6.92. The Morgan fingerprint density at radius 2 is 1.79 bits per heavy atom. The third kappa shape index (κ3) is 6.66. The molecule has 0 aliphatic heterocycles. The van der Waals surface area contributed by atoms with E-state index < -0.39 is 29.7 Å². The minimum absolute atomic E-state index is 0.0830. The largest absolute Gasteiger partial charge is 0.446 e. The van der Waals surface area contributed by atoms with E-state index in [0.29, 0.717) is 11.4 Å². The van der Waals surface area contributed by atoms with E-state index in [-0.39, 0.29) is 17.4 Å². The van der Waals surface area contributed by atoms with Gasteiger partial charge in [0, 0.05) is 18.3 Å². The minimum Gasteiger partial charge on any atom is -0.446 e. The second kappa shape index (κ2) is 10.3. The summed E-state index contributed by atoms with van der Waals surface area (Å²) in [4.78, 5) is 26.9. The first kappa shape index (κ1) is 24.0. The first-order valence-corrected chi connectivity index (χ1v) is 9.94. The Labute approximate surface area is 192 Å². The second-order valence-corrected chi connectivity index (χ2v) is 7.31. The fourth-order valence-electron chi connectivity index (χ4n) is 2.84. The molecule has 0 spiro atoms. The molecule has 0 saturated heterocycles. The van der Waals surface area contributed by atoms with Crippen LogP contribution in [0.25, 0.3) is 0 Å². The molecule has 1 amide bonds. The van der Waals surface area contributed by atoms with Crippen molar-refractivity contribution >= 4 is 35.0 Å². The molecule has 3 aromatic rings. The van der Waals surface area contributed by atoms with Crippen molar-refractivity contribution in [1.82, 2.24) is 10.2 Å². The van der Waals surface area contributed by atoms with Gasteiger partial charge in [-0.2, -0.15) is 13.2 Å². The topological polar surface area (TPSA) is 84.4 Å². The zero-order chi connectivity index (χ0) is 24.0. The zero-order valence-corrected chi connectivity index (χ0v) is 18.0. The average molecular weight is 479 g/mol. The van der Waals surface area contributed by atoms with E-state index in [4.69, 9.17) is 16.3 Å². The standard InChI is InChI=1S/C22H18ClF3N4O3/c1-30(18-11-10-17(23)28-29-18)13-19(31)33-20(14-6-3-2-4-7-14)21(32)27-16-9-5-8-15(12-16)22(24,25)26/h2-12,20H,13H2,1H3,(H,27,32).